The van der Waals surface area contributed by atoms with E-state index in [1.807, 2.05) is 66.2 Å². The number of ketones is 1. The Kier molecular flexibility index (Phi) is 17.7. The molecule has 3 amide bonds. The van der Waals surface area contributed by atoms with Gasteiger partial charge in [0.25, 0.3) is 0 Å². The molecule has 14 heteroatoms. The normalized spacial score (nSPS) is 13.6. The first-order chi connectivity index (χ1) is 26.2. The summed E-state index contributed by atoms with van der Waals surface area (Å²) in [4.78, 5) is 56.3. The molecule has 4 aromatic rings. The fraction of sp³-hybridized carbons (Fsp3) is 0.400. The molecule has 3 heterocycles. The SMILES string of the molecule is CC(C)c1nc(CN(C)C(=O)N[C@@H](CC2=CCC=N2)C(=O)C[C@H](CC[C@H](Cc2ccccc2)NC(=O)OCc2cncs2)Cc2ccccc2)cs1.[B][B]. The Morgan fingerprint density at radius 1 is 0.926 bits per heavy atom. The molecular formula is C40H48B2N6O4S2. The van der Waals surface area contributed by atoms with Crippen LogP contribution in [0, 0.1) is 5.92 Å². The van der Waals surface area contributed by atoms with Gasteiger partial charge in [0, 0.05) is 77.2 Å². The van der Waals surface area contributed by atoms with Crippen molar-refractivity contribution in [3.63, 3.8) is 0 Å². The highest BCUT2D eigenvalue weighted by Crippen LogP contribution is 2.24. The molecule has 0 aliphatic carbocycles. The number of urea groups is 1. The standard InChI is InChI=1S/C40H48N6O4S2.B2/c1-28(2)38-43-34(26-51-38)24-46(3)39(48)45-36(22-32-15-10-18-42-32)37(47)21-31(19-29-11-6-4-7-12-29)16-17-33(20-30-13-8-5-9-14-30)44-40(49)50-25-35-23-41-27-52-35;1-2/h4-9,11-15,18,23,26-28,31,33,36H,10,16-17,19-22,24-25H2,1-3H3,(H,44,49)(H,45,48);/t31-,33-,36+;/m1./s1. The molecule has 1 aliphatic heterocycles. The predicted molar refractivity (Wildman–Crippen MR) is 219 cm³/mol. The monoisotopic (exact) mass is 762 g/mol. The van der Waals surface area contributed by atoms with Gasteiger partial charge in [0.15, 0.2) is 5.78 Å². The van der Waals surface area contributed by atoms with Gasteiger partial charge in [-0.2, -0.15) is 0 Å². The molecule has 0 unspecified atom stereocenters. The second-order valence-electron chi connectivity index (χ2n) is 13.5. The van der Waals surface area contributed by atoms with Crippen LogP contribution < -0.4 is 10.6 Å². The van der Waals surface area contributed by atoms with Gasteiger partial charge in [0.2, 0.25) is 0 Å². The van der Waals surface area contributed by atoms with Crippen molar-refractivity contribution in [1.29, 1.82) is 0 Å². The van der Waals surface area contributed by atoms with E-state index in [0.717, 1.165) is 32.4 Å². The smallest absolute Gasteiger partial charge is 0.407 e. The Morgan fingerprint density at radius 2 is 1.63 bits per heavy atom. The molecule has 3 atom stereocenters. The maximum Gasteiger partial charge on any atom is 0.407 e. The Hall–Kier alpha value is -4.55. The summed E-state index contributed by atoms with van der Waals surface area (Å²) < 4.78 is 5.52. The van der Waals surface area contributed by atoms with E-state index >= 15 is 0 Å². The summed E-state index contributed by atoms with van der Waals surface area (Å²) in [6, 6.07) is 18.9. The van der Waals surface area contributed by atoms with Gasteiger partial charge in [-0.3, -0.25) is 14.8 Å². The summed E-state index contributed by atoms with van der Waals surface area (Å²) in [6.45, 7) is 4.70. The minimum atomic E-state index is -0.739. The molecule has 1 aliphatic rings. The van der Waals surface area contributed by atoms with E-state index in [0.29, 0.717) is 51.0 Å². The number of ether oxygens (including phenoxy) is 1. The van der Waals surface area contributed by atoms with Crippen LogP contribution in [0.4, 0.5) is 9.59 Å². The Bertz CT molecular complexity index is 1790. The Morgan fingerprint density at radius 3 is 2.24 bits per heavy atom. The number of carbonyl (C=O) groups excluding carboxylic acids is 3. The molecule has 2 aromatic carbocycles. The third kappa shape index (κ3) is 14.4. The first-order valence-corrected chi connectivity index (χ1v) is 19.9. The average molecular weight is 763 g/mol. The van der Waals surface area contributed by atoms with Gasteiger partial charge < -0.3 is 20.3 Å². The number of Topliss-reactive ketones (excluding diaryl/α,β-unsaturated/α-hetero) is 1. The molecule has 10 nitrogen and oxygen atoms in total. The van der Waals surface area contributed by atoms with Gasteiger partial charge in [-0.25, -0.2) is 14.6 Å². The number of hydrogen-bond donors (Lipinski definition) is 2. The lowest BCUT2D eigenvalue weighted by molar-refractivity contribution is -0.121. The van der Waals surface area contributed by atoms with Crippen LogP contribution in [0.5, 0.6) is 0 Å². The molecule has 54 heavy (non-hydrogen) atoms. The first kappa shape index (κ1) is 42.2. The number of carbonyl (C=O) groups is 3. The lowest BCUT2D eigenvalue weighted by atomic mass is 9.81. The maximum atomic E-state index is 14.2. The molecular weight excluding hydrogens is 714 g/mol. The van der Waals surface area contributed by atoms with E-state index in [1.165, 1.54) is 11.3 Å². The highest BCUT2D eigenvalue weighted by atomic mass is 32.1. The molecule has 0 fully saturated rings. The highest BCUT2D eigenvalue weighted by molar-refractivity contribution is 7.09. The number of nitrogens with one attached hydrogen (secondary N) is 2. The molecule has 4 radical (unpaired) electrons. The summed E-state index contributed by atoms with van der Waals surface area (Å²) in [5, 5.41) is 9.13. The topological polar surface area (TPSA) is 126 Å². The second-order valence-corrected chi connectivity index (χ2v) is 15.4. The van der Waals surface area contributed by atoms with Gasteiger partial charge in [-0.05, 0) is 42.7 Å². The number of nitrogens with zero attached hydrogens (tertiary/aromatic N) is 4. The first-order valence-electron chi connectivity index (χ1n) is 18.1. The van der Waals surface area contributed by atoms with Crippen molar-refractivity contribution < 1.29 is 19.1 Å². The lowest BCUT2D eigenvalue weighted by Gasteiger charge is -2.26. The zero-order chi connectivity index (χ0) is 38.7. The highest BCUT2D eigenvalue weighted by Gasteiger charge is 2.28. The van der Waals surface area contributed by atoms with Crippen molar-refractivity contribution in [2.45, 2.75) is 89.9 Å². The van der Waals surface area contributed by atoms with Crippen LogP contribution in [0.2, 0.25) is 0 Å². The van der Waals surface area contributed by atoms with Crippen LogP contribution in [0.1, 0.15) is 78.6 Å². The van der Waals surface area contributed by atoms with Crippen LogP contribution in [0.15, 0.2) is 94.5 Å². The number of rotatable bonds is 19. The van der Waals surface area contributed by atoms with Gasteiger partial charge in [0.1, 0.15) is 6.61 Å². The van der Waals surface area contributed by atoms with Crippen molar-refractivity contribution in [3.05, 3.63) is 116 Å². The van der Waals surface area contributed by atoms with Gasteiger partial charge in [0.05, 0.1) is 33.7 Å². The minimum absolute atomic E-state index is 0.0363. The summed E-state index contributed by atoms with van der Waals surface area (Å²) in [5.74, 6) is 0.236. The summed E-state index contributed by atoms with van der Waals surface area (Å²) in [7, 11) is 9.72. The van der Waals surface area contributed by atoms with Crippen molar-refractivity contribution in [2.24, 2.45) is 10.9 Å². The van der Waals surface area contributed by atoms with E-state index in [-0.39, 0.29) is 36.8 Å². The number of allylic oxidation sites excluding steroid dienone is 1. The van der Waals surface area contributed by atoms with Crippen LogP contribution in [0.25, 0.3) is 0 Å². The number of amides is 3. The lowest BCUT2D eigenvalue weighted by Crippen LogP contribution is -2.47. The number of aliphatic imine (C=N–C) groups is 1. The fourth-order valence-corrected chi connectivity index (χ4v) is 7.44. The third-order valence-electron chi connectivity index (χ3n) is 8.88. The van der Waals surface area contributed by atoms with Crippen LogP contribution in [0.3, 0.4) is 0 Å². The molecule has 0 saturated heterocycles. The van der Waals surface area contributed by atoms with Crippen molar-refractivity contribution in [3.8, 4) is 0 Å². The van der Waals surface area contributed by atoms with Crippen molar-refractivity contribution >= 4 is 62.3 Å². The zero-order valence-electron chi connectivity index (χ0n) is 31.2. The van der Waals surface area contributed by atoms with Crippen molar-refractivity contribution in [2.75, 3.05) is 7.05 Å². The van der Waals surface area contributed by atoms with E-state index in [2.05, 4.69) is 67.0 Å². The second kappa shape index (κ2) is 22.6. The predicted octanol–water partition coefficient (Wildman–Crippen LogP) is 7.36. The number of aromatic nitrogens is 2. The van der Waals surface area contributed by atoms with E-state index in [1.54, 1.807) is 35.0 Å². The molecule has 0 saturated carbocycles. The van der Waals surface area contributed by atoms with Crippen LogP contribution in [-0.2, 0) is 35.5 Å². The zero-order valence-corrected chi connectivity index (χ0v) is 32.9. The molecule has 280 valence electrons. The molecule has 0 spiro atoms. The molecule has 0 bridgehead atoms. The number of alkyl carbamates (subject to hydrolysis) is 1. The van der Waals surface area contributed by atoms with E-state index in [4.69, 9.17) is 4.74 Å². The quantitative estimate of drug-likeness (QED) is 0.0963. The van der Waals surface area contributed by atoms with E-state index in [9.17, 15) is 14.4 Å². The van der Waals surface area contributed by atoms with Gasteiger partial charge in [-0.15, -0.1) is 22.7 Å². The average Bonchev–Trinajstić information content (AvgIpc) is 3.99. The molecule has 2 aromatic heterocycles. The summed E-state index contributed by atoms with van der Waals surface area (Å²) in [6.07, 6.45) is 8.94. The summed E-state index contributed by atoms with van der Waals surface area (Å²) in [5.41, 5.74) is 5.56. The Labute approximate surface area is 329 Å². The minimum Gasteiger partial charge on any atom is -0.444 e. The van der Waals surface area contributed by atoms with E-state index < -0.39 is 12.1 Å². The number of thiazole rings is 2. The fourth-order valence-electron chi connectivity index (χ4n) is 6.11. The van der Waals surface area contributed by atoms with Gasteiger partial charge in [-0.1, -0.05) is 80.6 Å². The Balaban J connectivity index is 0.00000319. The van der Waals surface area contributed by atoms with Crippen molar-refractivity contribution in [1.82, 2.24) is 25.5 Å². The summed E-state index contributed by atoms with van der Waals surface area (Å²) >= 11 is 3.03. The van der Waals surface area contributed by atoms with Crippen LogP contribution >= 0.6 is 22.7 Å². The number of hydrogen-bond acceptors (Lipinski definition) is 9. The molecule has 2 N–H and O–H groups in total. The van der Waals surface area contributed by atoms with Crippen LogP contribution in [-0.4, -0.2) is 73.6 Å². The largest absolute Gasteiger partial charge is 0.444 e. The maximum absolute atomic E-state index is 14.2. The number of benzene rings is 2. The molecule has 5 rings (SSSR count). The third-order valence-corrected chi connectivity index (χ3v) is 10.8. The van der Waals surface area contributed by atoms with Gasteiger partial charge >= 0.3 is 12.1 Å².